The quantitative estimate of drug-likeness (QED) is 0.604. The molecule has 5 heteroatoms. The van der Waals surface area contributed by atoms with Gasteiger partial charge < -0.3 is 16.4 Å². The summed E-state index contributed by atoms with van der Waals surface area (Å²) < 4.78 is 0. The minimum Gasteiger partial charge on any atom is -0.398 e. The highest BCUT2D eigenvalue weighted by Crippen LogP contribution is 2.26. The highest BCUT2D eigenvalue weighted by Gasteiger charge is 2.05. The van der Waals surface area contributed by atoms with E-state index in [4.69, 9.17) is 5.73 Å². The van der Waals surface area contributed by atoms with E-state index in [9.17, 15) is 0 Å². The molecule has 2 aromatic carbocycles. The minimum atomic E-state index is 0.521. The first-order valence-corrected chi connectivity index (χ1v) is 7.60. The zero-order valence-corrected chi connectivity index (χ0v) is 13.5. The van der Waals surface area contributed by atoms with E-state index in [1.54, 1.807) is 18.3 Å². The molecule has 1 aromatic heterocycles. The maximum absolute atomic E-state index is 5.97. The molecule has 0 fully saturated rings. The van der Waals surface area contributed by atoms with Crippen molar-refractivity contribution in [1.29, 1.82) is 0 Å². The van der Waals surface area contributed by atoms with E-state index < -0.39 is 0 Å². The normalized spacial score (nSPS) is 10.2. The van der Waals surface area contributed by atoms with Crippen molar-refractivity contribution in [3.05, 3.63) is 72.4 Å². The summed E-state index contributed by atoms with van der Waals surface area (Å²) in [6, 6.07) is 15.5. The third-order valence-electron chi connectivity index (χ3n) is 3.57. The lowest BCUT2D eigenvalue weighted by atomic mass is 10.1. The van der Waals surface area contributed by atoms with E-state index in [1.165, 1.54) is 5.56 Å². The van der Waals surface area contributed by atoms with Gasteiger partial charge in [0.2, 0.25) is 5.95 Å². The molecule has 0 unspecified atom stereocenters. The first-order valence-electron chi connectivity index (χ1n) is 7.60. The summed E-state index contributed by atoms with van der Waals surface area (Å²) in [5.41, 5.74) is 10.5. The lowest BCUT2D eigenvalue weighted by Gasteiger charge is -2.12. The van der Waals surface area contributed by atoms with Crippen molar-refractivity contribution < 1.29 is 0 Å². The highest BCUT2D eigenvalue weighted by molar-refractivity contribution is 5.78. The number of nitrogens with two attached hydrogens (primary N) is 1. The number of rotatable bonds is 5. The van der Waals surface area contributed by atoms with Crippen LogP contribution in [0.3, 0.4) is 0 Å². The maximum atomic E-state index is 5.97. The van der Waals surface area contributed by atoms with Crippen LogP contribution in [0.5, 0.6) is 0 Å². The fraction of sp³-hybridized carbons (Fsp3) is 0.0526. The molecule has 1 heterocycles. The van der Waals surface area contributed by atoms with Crippen LogP contribution >= 0.6 is 0 Å². The lowest BCUT2D eigenvalue weighted by molar-refractivity contribution is 1.16. The van der Waals surface area contributed by atoms with E-state index in [0.29, 0.717) is 17.5 Å². The van der Waals surface area contributed by atoms with Crippen LogP contribution in [0.2, 0.25) is 0 Å². The molecule has 5 nitrogen and oxygen atoms in total. The smallest absolute Gasteiger partial charge is 0.229 e. The largest absolute Gasteiger partial charge is 0.398 e. The average Bonchev–Trinajstić information content (AvgIpc) is 2.58. The Bertz CT molecular complexity index is 856. The molecule has 0 aliphatic carbocycles. The van der Waals surface area contributed by atoms with Gasteiger partial charge in [0.05, 0.1) is 0 Å². The van der Waals surface area contributed by atoms with Gasteiger partial charge in [0, 0.05) is 28.8 Å². The Labute approximate surface area is 141 Å². The van der Waals surface area contributed by atoms with Crippen molar-refractivity contribution in [1.82, 2.24) is 9.97 Å². The Balaban J connectivity index is 1.82. The zero-order valence-electron chi connectivity index (χ0n) is 13.5. The van der Waals surface area contributed by atoms with Gasteiger partial charge in [-0.3, -0.25) is 0 Å². The molecule has 3 aromatic rings. The number of benzene rings is 2. The molecular weight excluding hydrogens is 298 g/mol. The summed E-state index contributed by atoms with van der Waals surface area (Å²) in [6.45, 7) is 5.86. The number of hydrogen-bond acceptors (Lipinski definition) is 5. The Kier molecular flexibility index (Phi) is 4.43. The molecule has 4 N–H and O–H groups in total. The SMILES string of the molecule is C=Cc1c(N)cccc1Nc1ccnc(Nc2ccc(C)cc2)n1. The molecular formula is C19H19N5. The van der Waals surface area contributed by atoms with E-state index in [-0.39, 0.29) is 0 Å². The lowest BCUT2D eigenvalue weighted by Crippen LogP contribution is -2.02. The van der Waals surface area contributed by atoms with Gasteiger partial charge in [0.25, 0.3) is 0 Å². The van der Waals surface area contributed by atoms with Crippen molar-refractivity contribution in [2.45, 2.75) is 6.92 Å². The standard InChI is InChI=1S/C19H19N5/c1-3-15-16(20)5-4-6-17(15)23-18-11-12-21-19(24-18)22-14-9-7-13(2)8-10-14/h3-12H,1,20H2,2H3,(H2,21,22,23,24). The Morgan fingerprint density at radius 1 is 1.04 bits per heavy atom. The van der Waals surface area contributed by atoms with E-state index in [0.717, 1.165) is 16.9 Å². The van der Waals surface area contributed by atoms with Crippen LogP contribution in [-0.2, 0) is 0 Å². The summed E-state index contributed by atoms with van der Waals surface area (Å²) in [5.74, 6) is 1.20. The zero-order chi connectivity index (χ0) is 16.9. The number of anilines is 5. The van der Waals surface area contributed by atoms with Crippen molar-refractivity contribution in [3.8, 4) is 0 Å². The Hall–Kier alpha value is -3.34. The summed E-state index contributed by atoms with van der Waals surface area (Å²) in [6.07, 6.45) is 3.43. The van der Waals surface area contributed by atoms with Crippen LogP contribution in [0.1, 0.15) is 11.1 Å². The monoisotopic (exact) mass is 317 g/mol. The van der Waals surface area contributed by atoms with Crippen LogP contribution in [-0.4, -0.2) is 9.97 Å². The van der Waals surface area contributed by atoms with Gasteiger partial charge in [-0.2, -0.15) is 4.98 Å². The molecule has 0 aliphatic rings. The molecule has 0 amide bonds. The van der Waals surface area contributed by atoms with Gasteiger partial charge in [0.1, 0.15) is 5.82 Å². The number of aryl methyl sites for hydroxylation is 1. The number of nitrogens with one attached hydrogen (secondary N) is 2. The predicted molar refractivity (Wildman–Crippen MR) is 101 cm³/mol. The van der Waals surface area contributed by atoms with Crippen LogP contribution in [0.25, 0.3) is 6.08 Å². The maximum Gasteiger partial charge on any atom is 0.229 e. The van der Waals surface area contributed by atoms with Crippen LogP contribution in [0, 0.1) is 6.92 Å². The molecule has 3 rings (SSSR count). The number of nitrogen functional groups attached to an aromatic ring is 1. The minimum absolute atomic E-state index is 0.521. The second-order valence-corrected chi connectivity index (χ2v) is 5.39. The van der Waals surface area contributed by atoms with Crippen molar-refractivity contribution in [2.24, 2.45) is 0 Å². The number of hydrogen-bond donors (Lipinski definition) is 3. The van der Waals surface area contributed by atoms with E-state index >= 15 is 0 Å². The second kappa shape index (κ2) is 6.83. The van der Waals surface area contributed by atoms with Gasteiger partial charge in [-0.15, -0.1) is 0 Å². The van der Waals surface area contributed by atoms with Gasteiger partial charge >= 0.3 is 0 Å². The summed E-state index contributed by atoms with van der Waals surface area (Å²) in [7, 11) is 0. The van der Waals surface area contributed by atoms with Crippen LogP contribution < -0.4 is 16.4 Å². The second-order valence-electron chi connectivity index (χ2n) is 5.39. The molecule has 0 atom stereocenters. The molecule has 0 spiro atoms. The Morgan fingerprint density at radius 2 is 1.83 bits per heavy atom. The van der Waals surface area contributed by atoms with E-state index in [2.05, 4.69) is 27.2 Å². The first kappa shape index (κ1) is 15.6. The number of nitrogens with zero attached hydrogens (tertiary/aromatic N) is 2. The molecule has 0 bridgehead atoms. The third kappa shape index (κ3) is 3.52. The van der Waals surface area contributed by atoms with Crippen molar-refractivity contribution in [2.75, 3.05) is 16.4 Å². The van der Waals surface area contributed by atoms with Crippen molar-refractivity contribution in [3.63, 3.8) is 0 Å². The van der Waals surface area contributed by atoms with Crippen LogP contribution in [0.4, 0.5) is 28.8 Å². The van der Waals surface area contributed by atoms with Gasteiger partial charge in [0.15, 0.2) is 0 Å². The fourth-order valence-corrected chi connectivity index (χ4v) is 2.31. The summed E-state index contributed by atoms with van der Waals surface area (Å²) in [5, 5.41) is 6.45. The van der Waals surface area contributed by atoms with Crippen molar-refractivity contribution >= 4 is 34.9 Å². The van der Waals surface area contributed by atoms with E-state index in [1.807, 2.05) is 49.4 Å². The average molecular weight is 317 g/mol. The summed E-state index contributed by atoms with van der Waals surface area (Å²) in [4.78, 5) is 8.73. The topological polar surface area (TPSA) is 75.9 Å². The fourth-order valence-electron chi connectivity index (χ4n) is 2.31. The van der Waals surface area contributed by atoms with Gasteiger partial charge in [-0.25, -0.2) is 4.98 Å². The molecule has 0 saturated heterocycles. The number of aromatic nitrogens is 2. The third-order valence-corrected chi connectivity index (χ3v) is 3.57. The highest BCUT2D eigenvalue weighted by atomic mass is 15.1. The summed E-state index contributed by atoms with van der Waals surface area (Å²) >= 11 is 0. The predicted octanol–water partition coefficient (Wildman–Crippen LogP) is 4.50. The molecule has 120 valence electrons. The van der Waals surface area contributed by atoms with Gasteiger partial charge in [-0.05, 0) is 37.3 Å². The molecule has 0 saturated carbocycles. The molecule has 24 heavy (non-hydrogen) atoms. The van der Waals surface area contributed by atoms with Crippen LogP contribution in [0.15, 0.2) is 61.3 Å². The molecule has 0 aliphatic heterocycles. The molecule has 0 radical (unpaired) electrons. The Morgan fingerprint density at radius 3 is 2.58 bits per heavy atom. The van der Waals surface area contributed by atoms with Gasteiger partial charge in [-0.1, -0.05) is 36.4 Å². The first-order chi connectivity index (χ1) is 11.7.